The van der Waals surface area contributed by atoms with Crippen LogP contribution in [-0.4, -0.2) is 42.0 Å². The lowest BCUT2D eigenvalue weighted by Crippen LogP contribution is -2.41. The number of amides is 2. The topological polar surface area (TPSA) is 111 Å². The maximum atomic E-state index is 12.1. The number of hydrogen-bond acceptors (Lipinski definition) is 7. The minimum Gasteiger partial charge on any atom is -0.450 e. The fourth-order valence-corrected chi connectivity index (χ4v) is 3.27. The zero-order valence-electron chi connectivity index (χ0n) is 15.4. The fourth-order valence-electron chi connectivity index (χ4n) is 2.35. The summed E-state index contributed by atoms with van der Waals surface area (Å²) in [5.41, 5.74) is 0.848. The molecule has 3 aromatic rings. The van der Waals surface area contributed by atoms with Crippen molar-refractivity contribution in [2.24, 2.45) is 0 Å². The lowest BCUT2D eigenvalue weighted by atomic mass is 10.3. The zero-order chi connectivity index (χ0) is 20.1. The number of fused-ring (bicyclic) bond motifs is 1. The Kier molecular flexibility index (Phi) is 6.05. The zero-order valence-corrected chi connectivity index (χ0v) is 16.2. The number of furan rings is 1. The van der Waals surface area contributed by atoms with Crippen molar-refractivity contribution in [3.05, 3.63) is 42.2 Å². The molecule has 0 saturated heterocycles. The highest BCUT2D eigenvalue weighted by molar-refractivity contribution is 7.21. The number of nitrogens with zero attached hydrogens (tertiary/aromatic N) is 1. The molecule has 0 spiro atoms. The predicted molar refractivity (Wildman–Crippen MR) is 104 cm³/mol. The average Bonchev–Trinajstić information content (AvgIpc) is 3.30. The normalized spacial score (nSPS) is 10.8. The molecule has 8 nitrogen and oxygen atoms in total. The van der Waals surface area contributed by atoms with E-state index >= 15 is 0 Å². The lowest BCUT2D eigenvalue weighted by molar-refractivity contribution is -0.128. The molecular formula is C19H19N3O5S. The third kappa shape index (κ3) is 4.95. The van der Waals surface area contributed by atoms with Crippen molar-refractivity contribution < 1.29 is 23.5 Å². The van der Waals surface area contributed by atoms with Gasteiger partial charge in [0.05, 0.1) is 16.8 Å². The van der Waals surface area contributed by atoms with Gasteiger partial charge in [0.15, 0.2) is 17.4 Å². The number of ether oxygens (including phenoxy) is 1. The van der Waals surface area contributed by atoms with E-state index in [0.29, 0.717) is 10.8 Å². The second-order valence-corrected chi connectivity index (χ2v) is 7.26. The minimum atomic E-state index is -0.769. The average molecular weight is 401 g/mol. The molecule has 2 N–H and O–H groups in total. The van der Waals surface area contributed by atoms with Crippen molar-refractivity contribution in [2.45, 2.75) is 19.9 Å². The SMILES string of the molecule is CC(C)NC(=O)CNC(=O)COC(=O)c1ccc(-c2nc3ccccc3s2)o1. The van der Waals surface area contributed by atoms with Gasteiger partial charge in [-0.25, -0.2) is 9.78 Å². The molecule has 0 atom stereocenters. The highest BCUT2D eigenvalue weighted by Gasteiger charge is 2.17. The summed E-state index contributed by atoms with van der Waals surface area (Å²) in [7, 11) is 0. The van der Waals surface area contributed by atoms with Crippen molar-refractivity contribution in [2.75, 3.05) is 13.2 Å². The Hall–Kier alpha value is -3.20. The Morgan fingerprint density at radius 2 is 1.93 bits per heavy atom. The maximum absolute atomic E-state index is 12.1. The van der Waals surface area contributed by atoms with E-state index in [9.17, 15) is 14.4 Å². The van der Waals surface area contributed by atoms with Crippen LogP contribution in [0.3, 0.4) is 0 Å². The number of benzene rings is 1. The van der Waals surface area contributed by atoms with Gasteiger partial charge < -0.3 is 19.8 Å². The summed E-state index contributed by atoms with van der Waals surface area (Å²) in [6, 6.07) is 10.7. The van der Waals surface area contributed by atoms with Crippen LogP contribution in [0, 0.1) is 0 Å². The van der Waals surface area contributed by atoms with E-state index in [2.05, 4.69) is 15.6 Å². The first-order valence-corrected chi connectivity index (χ1v) is 9.43. The third-order valence-corrected chi connectivity index (χ3v) is 4.59. The molecule has 2 amide bonds. The van der Waals surface area contributed by atoms with Gasteiger partial charge >= 0.3 is 5.97 Å². The van der Waals surface area contributed by atoms with Crippen LogP contribution in [0.25, 0.3) is 21.0 Å². The summed E-state index contributed by atoms with van der Waals surface area (Å²) in [6.07, 6.45) is 0. The van der Waals surface area contributed by atoms with Gasteiger partial charge in [-0.15, -0.1) is 11.3 Å². The number of carbonyl (C=O) groups excluding carboxylic acids is 3. The van der Waals surface area contributed by atoms with Gasteiger partial charge in [-0.1, -0.05) is 12.1 Å². The molecule has 1 aromatic carbocycles. The summed E-state index contributed by atoms with van der Waals surface area (Å²) in [6.45, 7) is 2.93. The van der Waals surface area contributed by atoms with E-state index in [0.717, 1.165) is 10.2 Å². The maximum Gasteiger partial charge on any atom is 0.374 e. The molecule has 9 heteroatoms. The molecule has 0 bridgehead atoms. The smallest absolute Gasteiger partial charge is 0.374 e. The van der Waals surface area contributed by atoms with Crippen molar-refractivity contribution in [3.63, 3.8) is 0 Å². The molecule has 0 aliphatic rings. The van der Waals surface area contributed by atoms with Crippen LogP contribution >= 0.6 is 11.3 Å². The fraction of sp³-hybridized carbons (Fsp3) is 0.263. The first kappa shape index (κ1) is 19.6. The van der Waals surface area contributed by atoms with Gasteiger partial charge in [-0.3, -0.25) is 9.59 Å². The molecule has 28 heavy (non-hydrogen) atoms. The summed E-state index contributed by atoms with van der Waals surface area (Å²) in [5, 5.41) is 5.66. The number of aromatic nitrogens is 1. The van der Waals surface area contributed by atoms with Gasteiger partial charge in [0.1, 0.15) is 0 Å². The van der Waals surface area contributed by atoms with E-state index in [1.54, 1.807) is 6.07 Å². The first-order chi connectivity index (χ1) is 13.4. The molecule has 2 heterocycles. The Morgan fingerprint density at radius 3 is 2.68 bits per heavy atom. The molecule has 0 aliphatic carbocycles. The minimum absolute atomic E-state index is 0.0224. The predicted octanol–water partition coefficient (Wildman–Crippen LogP) is 2.35. The second kappa shape index (κ2) is 8.66. The van der Waals surface area contributed by atoms with Gasteiger partial charge in [0.2, 0.25) is 11.7 Å². The number of nitrogens with one attached hydrogen (secondary N) is 2. The van der Waals surface area contributed by atoms with E-state index in [1.165, 1.54) is 17.4 Å². The summed E-state index contributed by atoms with van der Waals surface area (Å²) in [4.78, 5) is 39.7. The molecule has 0 saturated carbocycles. The third-order valence-electron chi connectivity index (χ3n) is 3.54. The molecule has 0 unspecified atom stereocenters. The van der Waals surface area contributed by atoms with Crippen molar-refractivity contribution in [1.29, 1.82) is 0 Å². The molecular weight excluding hydrogens is 382 g/mol. The Morgan fingerprint density at radius 1 is 1.14 bits per heavy atom. The number of carbonyl (C=O) groups is 3. The van der Waals surface area contributed by atoms with Crippen LogP contribution in [0.2, 0.25) is 0 Å². The summed E-state index contributed by atoms with van der Waals surface area (Å²) in [5.74, 6) is -1.25. The quantitative estimate of drug-likeness (QED) is 0.588. The Balaban J connectivity index is 1.53. The number of hydrogen-bond donors (Lipinski definition) is 2. The lowest BCUT2D eigenvalue weighted by Gasteiger charge is -2.09. The van der Waals surface area contributed by atoms with Gasteiger partial charge in [0.25, 0.3) is 5.91 Å². The number of thiazole rings is 1. The van der Waals surface area contributed by atoms with E-state index in [-0.39, 0.29) is 24.3 Å². The molecule has 0 radical (unpaired) electrons. The summed E-state index contributed by atoms with van der Waals surface area (Å²) < 4.78 is 11.4. The van der Waals surface area contributed by atoms with Crippen molar-refractivity contribution in [1.82, 2.24) is 15.6 Å². The van der Waals surface area contributed by atoms with Gasteiger partial charge in [-0.2, -0.15) is 0 Å². The highest BCUT2D eigenvalue weighted by Crippen LogP contribution is 2.31. The van der Waals surface area contributed by atoms with Gasteiger partial charge in [-0.05, 0) is 38.1 Å². The molecule has 146 valence electrons. The van der Waals surface area contributed by atoms with Crippen LogP contribution in [0.4, 0.5) is 0 Å². The van der Waals surface area contributed by atoms with E-state index in [4.69, 9.17) is 9.15 Å². The molecule has 0 aliphatic heterocycles. The molecule has 2 aromatic heterocycles. The first-order valence-electron chi connectivity index (χ1n) is 8.61. The standard InChI is InChI=1S/C19H19N3O5S/c1-11(2)21-16(23)9-20-17(24)10-26-19(25)14-8-7-13(27-14)18-22-12-5-3-4-6-15(12)28-18/h3-8,11H,9-10H2,1-2H3,(H,20,24)(H,21,23). The Labute approximate surface area is 164 Å². The number of para-hydroxylation sites is 1. The number of esters is 1. The Bertz CT molecular complexity index is 975. The van der Waals surface area contributed by atoms with Crippen LogP contribution in [0.5, 0.6) is 0 Å². The van der Waals surface area contributed by atoms with E-state index in [1.807, 2.05) is 38.1 Å². The second-order valence-electron chi connectivity index (χ2n) is 6.23. The molecule has 3 rings (SSSR count). The van der Waals surface area contributed by atoms with Crippen molar-refractivity contribution in [3.8, 4) is 10.8 Å². The van der Waals surface area contributed by atoms with Crippen LogP contribution in [0.15, 0.2) is 40.8 Å². The van der Waals surface area contributed by atoms with E-state index < -0.39 is 18.5 Å². The monoisotopic (exact) mass is 401 g/mol. The van der Waals surface area contributed by atoms with Crippen molar-refractivity contribution >= 4 is 39.3 Å². The summed E-state index contributed by atoms with van der Waals surface area (Å²) >= 11 is 1.45. The van der Waals surface area contributed by atoms with Crippen LogP contribution < -0.4 is 10.6 Å². The van der Waals surface area contributed by atoms with Crippen LogP contribution in [-0.2, 0) is 14.3 Å². The highest BCUT2D eigenvalue weighted by atomic mass is 32.1. The van der Waals surface area contributed by atoms with Gasteiger partial charge in [0, 0.05) is 6.04 Å². The number of rotatable bonds is 7. The van der Waals surface area contributed by atoms with Crippen LogP contribution in [0.1, 0.15) is 24.4 Å². The molecule has 0 fully saturated rings. The largest absolute Gasteiger partial charge is 0.450 e.